The van der Waals surface area contributed by atoms with Gasteiger partial charge in [0, 0.05) is 12.2 Å². The number of nitrogens with one attached hydrogen (secondary N) is 1. The molecule has 0 bridgehead atoms. The second-order valence-corrected chi connectivity index (χ2v) is 4.79. The Morgan fingerprint density at radius 1 is 1.65 bits per heavy atom. The highest BCUT2D eigenvalue weighted by Crippen LogP contribution is 2.20. The number of H-pyrrole nitrogens is 1. The van der Waals surface area contributed by atoms with Gasteiger partial charge in [0.05, 0.1) is 22.8 Å². The number of carbonyl (C=O) groups excluding carboxylic acids is 1. The molecule has 0 saturated carbocycles. The molecule has 1 unspecified atom stereocenters. The number of nitrogens with two attached hydrogens (primary N) is 1. The number of hydrogen-bond donors (Lipinski definition) is 2. The highest BCUT2D eigenvalue weighted by atomic mass is 32.1. The lowest BCUT2D eigenvalue weighted by Gasteiger charge is -2.34. The van der Waals surface area contributed by atoms with Gasteiger partial charge in [-0.2, -0.15) is 5.10 Å². The van der Waals surface area contributed by atoms with E-state index in [2.05, 4.69) is 10.2 Å². The zero-order valence-corrected chi connectivity index (χ0v) is 10.6. The summed E-state index contributed by atoms with van der Waals surface area (Å²) in [6, 6.07) is -0.111. The highest BCUT2D eigenvalue weighted by Gasteiger charge is 2.30. The molecule has 0 aromatic carbocycles. The molecular formula is C11H16N4OS. The van der Waals surface area contributed by atoms with Crippen LogP contribution >= 0.6 is 12.2 Å². The summed E-state index contributed by atoms with van der Waals surface area (Å²) >= 11 is 5.03. The summed E-state index contributed by atoms with van der Waals surface area (Å²) in [6.45, 7) is 2.55. The minimum Gasteiger partial charge on any atom is -0.392 e. The zero-order valence-electron chi connectivity index (χ0n) is 9.77. The molecule has 1 aromatic heterocycles. The number of carbonyl (C=O) groups is 1. The van der Waals surface area contributed by atoms with Crippen molar-refractivity contribution in [1.82, 2.24) is 15.1 Å². The molecule has 2 rings (SSSR count). The van der Waals surface area contributed by atoms with Crippen LogP contribution in [-0.4, -0.2) is 38.6 Å². The summed E-state index contributed by atoms with van der Waals surface area (Å²) in [5, 5.41) is 6.64. The lowest BCUT2D eigenvalue weighted by molar-refractivity contribution is 0.0681. The van der Waals surface area contributed by atoms with Crippen molar-refractivity contribution < 1.29 is 4.79 Å². The Morgan fingerprint density at radius 3 is 3.00 bits per heavy atom. The van der Waals surface area contributed by atoms with Crippen molar-refractivity contribution in [3.63, 3.8) is 0 Å². The first-order valence-corrected chi connectivity index (χ1v) is 6.12. The van der Waals surface area contributed by atoms with Gasteiger partial charge >= 0.3 is 0 Å². The first kappa shape index (κ1) is 12.0. The number of hydrogen-bond acceptors (Lipinski definition) is 3. The van der Waals surface area contributed by atoms with Gasteiger partial charge in [-0.1, -0.05) is 12.2 Å². The van der Waals surface area contributed by atoms with Gasteiger partial charge < -0.3 is 10.6 Å². The van der Waals surface area contributed by atoms with Crippen LogP contribution in [0.1, 0.15) is 35.3 Å². The number of thiocarbonyl (C=S) groups is 1. The molecule has 3 N–H and O–H groups in total. The largest absolute Gasteiger partial charge is 0.392 e. The molecule has 1 atom stereocenters. The first-order valence-electron chi connectivity index (χ1n) is 5.71. The van der Waals surface area contributed by atoms with Crippen LogP contribution in [0.2, 0.25) is 0 Å². The standard InChI is InChI=1S/C11H16N4OS/c1-7-8(6-13-14-7)11(16)15-5-3-2-4-9(15)10(12)17/h6,9H,2-5H2,1H3,(H2,12,17)(H,13,14). The fourth-order valence-electron chi connectivity index (χ4n) is 2.19. The molecule has 0 radical (unpaired) electrons. The minimum absolute atomic E-state index is 0.0336. The van der Waals surface area contributed by atoms with Crippen molar-refractivity contribution in [3.8, 4) is 0 Å². The normalized spacial score (nSPS) is 20.3. The minimum atomic E-state index is -0.111. The van der Waals surface area contributed by atoms with Gasteiger partial charge in [-0.05, 0) is 26.2 Å². The molecule has 1 saturated heterocycles. The molecule has 92 valence electrons. The van der Waals surface area contributed by atoms with Crippen LogP contribution in [0.15, 0.2) is 6.20 Å². The summed E-state index contributed by atoms with van der Waals surface area (Å²) in [5.41, 5.74) is 7.09. The third-order valence-electron chi connectivity index (χ3n) is 3.15. The second kappa shape index (κ2) is 4.83. The third kappa shape index (κ3) is 2.31. The molecule has 2 heterocycles. The lowest BCUT2D eigenvalue weighted by atomic mass is 10.0. The summed E-state index contributed by atoms with van der Waals surface area (Å²) in [4.78, 5) is 14.5. The molecule has 1 fully saturated rings. The average Bonchev–Trinajstić information content (AvgIpc) is 2.74. The van der Waals surface area contributed by atoms with Crippen molar-refractivity contribution in [1.29, 1.82) is 0 Å². The zero-order chi connectivity index (χ0) is 12.4. The summed E-state index contributed by atoms with van der Waals surface area (Å²) in [5.74, 6) is -0.0336. The van der Waals surface area contributed by atoms with E-state index in [1.165, 1.54) is 0 Å². The number of amides is 1. The van der Waals surface area contributed by atoms with E-state index in [0.29, 0.717) is 17.1 Å². The number of aromatic amines is 1. The van der Waals surface area contributed by atoms with E-state index < -0.39 is 0 Å². The Balaban J connectivity index is 2.23. The topological polar surface area (TPSA) is 75.0 Å². The fraction of sp³-hybridized carbons (Fsp3) is 0.545. The number of nitrogens with zero attached hydrogens (tertiary/aromatic N) is 2. The monoisotopic (exact) mass is 252 g/mol. The number of rotatable bonds is 2. The van der Waals surface area contributed by atoms with E-state index in [1.54, 1.807) is 11.1 Å². The van der Waals surface area contributed by atoms with Crippen molar-refractivity contribution in [2.24, 2.45) is 5.73 Å². The van der Waals surface area contributed by atoms with E-state index in [1.807, 2.05) is 6.92 Å². The second-order valence-electron chi connectivity index (χ2n) is 4.32. The van der Waals surface area contributed by atoms with Gasteiger partial charge in [0.25, 0.3) is 5.91 Å². The van der Waals surface area contributed by atoms with Crippen LogP contribution in [0.3, 0.4) is 0 Å². The lowest BCUT2D eigenvalue weighted by Crippen LogP contribution is -2.49. The molecule has 0 aliphatic carbocycles. The van der Waals surface area contributed by atoms with Crippen LogP contribution in [-0.2, 0) is 0 Å². The Labute approximate surface area is 105 Å². The fourth-order valence-corrected chi connectivity index (χ4v) is 2.44. The van der Waals surface area contributed by atoms with Gasteiger partial charge in [0.15, 0.2) is 0 Å². The number of likely N-dealkylation sites (tertiary alicyclic amines) is 1. The van der Waals surface area contributed by atoms with Crippen molar-refractivity contribution >= 4 is 23.1 Å². The van der Waals surface area contributed by atoms with Gasteiger partial charge in [0.1, 0.15) is 0 Å². The molecule has 1 aromatic rings. The van der Waals surface area contributed by atoms with E-state index >= 15 is 0 Å². The molecule has 1 amide bonds. The summed E-state index contributed by atoms with van der Waals surface area (Å²) < 4.78 is 0. The van der Waals surface area contributed by atoms with E-state index in [0.717, 1.165) is 25.0 Å². The molecule has 5 nitrogen and oxygen atoms in total. The maximum absolute atomic E-state index is 12.3. The Morgan fingerprint density at radius 2 is 2.41 bits per heavy atom. The molecule has 0 spiro atoms. The maximum Gasteiger partial charge on any atom is 0.257 e. The molecule has 6 heteroatoms. The maximum atomic E-state index is 12.3. The first-order chi connectivity index (χ1) is 8.11. The van der Waals surface area contributed by atoms with E-state index in [4.69, 9.17) is 18.0 Å². The van der Waals surface area contributed by atoms with Gasteiger partial charge in [-0.3, -0.25) is 9.89 Å². The Kier molecular flexibility index (Phi) is 3.42. The van der Waals surface area contributed by atoms with Gasteiger partial charge in [-0.25, -0.2) is 0 Å². The van der Waals surface area contributed by atoms with Crippen LogP contribution in [0.5, 0.6) is 0 Å². The quantitative estimate of drug-likeness (QED) is 0.770. The van der Waals surface area contributed by atoms with E-state index in [-0.39, 0.29) is 11.9 Å². The number of aryl methyl sites for hydroxylation is 1. The number of piperidine rings is 1. The predicted octanol–water partition coefficient (Wildman–Crippen LogP) is 0.999. The van der Waals surface area contributed by atoms with Crippen molar-refractivity contribution in [2.45, 2.75) is 32.2 Å². The average molecular weight is 252 g/mol. The van der Waals surface area contributed by atoms with Crippen molar-refractivity contribution in [2.75, 3.05) is 6.54 Å². The summed E-state index contributed by atoms with van der Waals surface area (Å²) in [6.07, 6.45) is 4.48. The molecule has 1 aliphatic heterocycles. The molecular weight excluding hydrogens is 236 g/mol. The van der Waals surface area contributed by atoms with E-state index in [9.17, 15) is 4.79 Å². The predicted molar refractivity (Wildman–Crippen MR) is 68.8 cm³/mol. The Bertz CT molecular complexity index is 442. The highest BCUT2D eigenvalue weighted by molar-refractivity contribution is 7.80. The van der Waals surface area contributed by atoms with Crippen LogP contribution in [0.4, 0.5) is 0 Å². The molecule has 1 aliphatic rings. The smallest absolute Gasteiger partial charge is 0.257 e. The van der Waals surface area contributed by atoms with Gasteiger partial charge in [0.2, 0.25) is 0 Å². The van der Waals surface area contributed by atoms with Crippen LogP contribution in [0, 0.1) is 6.92 Å². The van der Waals surface area contributed by atoms with Crippen molar-refractivity contribution in [3.05, 3.63) is 17.5 Å². The Hall–Kier alpha value is -1.43. The molecule has 17 heavy (non-hydrogen) atoms. The summed E-state index contributed by atoms with van der Waals surface area (Å²) in [7, 11) is 0. The number of aromatic nitrogens is 2. The van der Waals surface area contributed by atoms with Crippen LogP contribution < -0.4 is 5.73 Å². The van der Waals surface area contributed by atoms with Crippen LogP contribution in [0.25, 0.3) is 0 Å². The van der Waals surface area contributed by atoms with Gasteiger partial charge in [-0.15, -0.1) is 0 Å². The third-order valence-corrected chi connectivity index (χ3v) is 3.42. The SMILES string of the molecule is Cc1[nH]ncc1C(=O)N1CCCCC1C(N)=S.